The van der Waals surface area contributed by atoms with Gasteiger partial charge in [0.15, 0.2) is 12.4 Å². The average molecular weight is 263 g/mol. The number of hydrogen-bond donors (Lipinski definition) is 0. The molecule has 0 N–H and O–H groups in total. The van der Waals surface area contributed by atoms with E-state index in [2.05, 4.69) is 23.8 Å². The number of hydrogen-bond acceptors (Lipinski definition) is 2. The molecular formula is C17H31N2+. The van der Waals surface area contributed by atoms with Crippen LogP contribution in [0.15, 0.2) is 9.98 Å². The van der Waals surface area contributed by atoms with Crippen LogP contribution in [-0.2, 0) is 0 Å². The fourth-order valence-electron chi connectivity index (χ4n) is 2.55. The number of unbranched alkanes of at least 4 members (excludes halogenated alkanes) is 7. The topological polar surface area (TPSA) is 24.7 Å². The molecule has 0 saturated carbocycles. The van der Waals surface area contributed by atoms with Crippen LogP contribution in [0, 0.1) is 12.1 Å². The fraction of sp³-hybridized carbons (Fsp3) is 0.824. The van der Waals surface area contributed by atoms with E-state index in [9.17, 15) is 0 Å². The van der Waals surface area contributed by atoms with Crippen LogP contribution < -0.4 is 0 Å². The van der Waals surface area contributed by atoms with E-state index in [0.717, 1.165) is 18.5 Å². The molecule has 1 aliphatic heterocycles. The highest BCUT2D eigenvalue weighted by Crippen LogP contribution is 2.22. The lowest BCUT2D eigenvalue weighted by molar-refractivity contribution is 0.445. The van der Waals surface area contributed by atoms with E-state index >= 15 is 0 Å². The Balaban J connectivity index is 1.83. The van der Waals surface area contributed by atoms with Crippen LogP contribution in [0.2, 0.25) is 0 Å². The van der Waals surface area contributed by atoms with Gasteiger partial charge in [0.05, 0.1) is 6.42 Å². The zero-order chi connectivity index (χ0) is 13.8. The summed E-state index contributed by atoms with van der Waals surface area (Å²) in [6.07, 6.45) is 19.6. The third kappa shape index (κ3) is 8.85. The maximum absolute atomic E-state index is 4.22. The molecule has 108 valence electrons. The Morgan fingerprint density at radius 2 is 1.42 bits per heavy atom. The molecule has 0 amide bonds. The quantitative estimate of drug-likeness (QED) is 0.324. The molecule has 1 heterocycles. The lowest BCUT2D eigenvalue weighted by Gasteiger charge is -2.09. The van der Waals surface area contributed by atoms with E-state index in [1.165, 1.54) is 64.2 Å². The Morgan fingerprint density at radius 3 is 2.05 bits per heavy atom. The van der Waals surface area contributed by atoms with Gasteiger partial charge < -0.3 is 0 Å². The molecule has 0 aliphatic carbocycles. The lowest BCUT2D eigenvalue weighted by atomic mass is 9.97. The van der Waals surface area contributed by atoms with Crippen molar-refractivity contribution in [3.05, 3.63) is 6.17 Å². The minimum absolute atomic E-state index is 0.818. The largest absolute Gasteiger partial charge is 0.240 e. The van der Waals surface area contributed by atoms with Gasteiger partial charge in [-0.1, -0.05) is 81.6 Å². The number of rotatable bonds is 12. The molecule has 0 bridgehead atoms. The van der Waals surface area contributed by atoms with Crippen LogP contribution in [-0.4, -0.2) is 12.4 Å². The normalized spacial score (nSPS) is 15.4. The fourth-order valence-corrected chi connectivity index (χ4v) is 2.55. The van der Waals surface area contributed by atoms with Gasteiger partial charge in [0.1, 0.15) is 0 Å². The molecule has 19 heavy (non-hydrogen) atoms. The van der Waals surface area contributed by atoms with Gasteiger partial charge in [0.25, 0.3) is 0 Å². The van der Waals surface area contributed by atoms with Crippen LogP contribution in [0.4, 0.5) is 0 Å². The Labute approximate surface area is 119 Å². The highest BCUT2D eigenvalue weighted by molar-refractivity contribution is 6.18. The molecule has 2 heteroatoms. The van der Waals surface area contributed by atoms with Gasteiger partial charge in [-0.2, -0.15) is 0 Å². The molecular weight excluding hydrogens is 232 g/mol. The summed E-state index contributed by atoms with van der Waals surface area (Å²) in [6, 6.07) is 0. The van der Waals surface area contributed by atoms with Crippen molar-refractivity contribution in [2.45, 2.75) is 84.5 Å². The first-order valence-corrected chi connectivity index (χ1v) is 8.25. The van der Waals surface area contributed by atoms with Crippen molar-refractivity contribution < 1.29 is 0 Å². The summed E-state index contributed by atoms with van der Waals surface area (Å²) in [5, 5.41) is 0. The van der Waals surface area contributed by atoms with Gasteiger partial charge in [0.2, 0.25) is 6.17 Å². The molecule has 0 saturated heterocycles. The summed E-state index contributed by atoms with van der Waals surface area (Å²) in [6.45, 7) is 4.64. The molecule has 0 radical (unpaired) electrons. The highest BCUT2D eigenvalue weighted by Gasteiger charge is 2.16. The Bertz CT molecular complexity index is 246. The molecule has 1 aliphatic rings. The summed E-state index contributed by atoms with van der Waals surface area (Å²) in [5.74, 6) is 0.818. The van der Waals surface area contributed by atoms with Crippen LogP contribution in [0.1, 0.15) is 84.5 Å². The predicted octanol–water partition coefficient (Wildman–Crippen LogP) is 5.58. The van der Waals surface area contributed by atoms with Crippen molar-refractivity contribution in [3.63, 3.8) is 0 Å². The third-order valence-electron chi connectivity index (χ3n) is 3.93. The summed E-state index contributed by atoms with van der Waals surface area (Å²) >= 11 is 0. The van der Waals surface area contributed by atoms with Crippen molar-refractivity contribution in [2.75, 3.05) is 0 Å². The first-order valence-electron chi connectivity index (χ1n) is 8.25. The SMILES string of the molecule is CCCCCCCCCCC(C)CC[C+]1N=CC=N1. The Hall–Kier alpha value is -0.790. The molecule has 0 aromatic rings. The van der Waals surface area contributed by atoms with Crippen molar-refractivity contribution in [1.29, 1.82) is 0 Å². The Morgan fingerprint density at radius 1 is 0.842 bits per heavy atom. The van der Waals surface area contributed by atoms with E-state index in [-0.39, 0.29) is 0 Å². The monoisotopic (exact) mass is 263 g/mol. The lowest BCUT2D eigenvalue weighted by Crippen LogP contribution is -1.97. The van der Waals surface area contributed by atoms with E-state index in [1.54, 1.807) is 12.4 Å². The van der Waals surface area contributed by atoms with E-state index in [1.807, 2.05) is 0 Å². The van der Waals surface area contributed by atoms with Crippen molar-refractivity contribution >= 4 is 12.4 Å². The summed E-state index contributed by atoms with van der Waals surface area (Å²) in [5.41, 5.74) is 0. The van der Waals surface area contributed by atoms with Crippen molar-refractivity contribution in [2.24, 2.45) is 15.9 Å². The molecule has 2 nitrogen and oxygen atoms in total. The smallest absolute Gasteiger partial charge is 0.0968 e. The predicted molar refractivity (Wildman–Crippen MR) is 85.9 cm³/mol. The van der Waals surface area contributed by atoms with Gasteiger partial charge in [-0.05, 0) is 12.3 Å². The molecule has 0 aromatic carbocycles. The zero-order valence-corrected chi connectivity index (χ0v) is 12.9. The van der Waals surface area contributed by atoms with E-state index < -0.39 is 0 Å². The van der Waals surface area contributed by atoms with E-state index in [0.29, 0.717) is 0 Å². The summed E-state index contributed by atoms with van der Waals surface area (Å²) in [4.78, 5) is 8.44. The standard InChI is InChI=1S/C17H31N2/c1-3-4-5-6-7-8-9-10-11-16(2)12-13-17-18-14-15-19-17/h14-16H,3-13H2,1-2H3/q+1. The minimum Gasteiger partial charge on any atom is -0.0968 e. The molecule has 0 fully saturated rings. The van der Waals surface area contributed by atoms with Gasteiger partial charge >= 0.3 is 0 Å². The first-order chi connectivity index (χ1) is 9.33. The van der Waals surface area contributed by atoms with Crippen LogP contribution in [0.3, 0.4) is 0 Å². The van der Waals surface area contributed by atoms with E-state index in [4.69, 9.17) is 0 Å². The maximum atomic E-state index is 4.22. The van der Waals surface area contributed by atoms with Crippen molar-refractivity contribution in [1.82, 2.24) is 0 Å². The van der Waals surface area contributed by atoms with Crippen LogP contribution >= 0.6 is 0 Å². The zero-order valence-electron chi connectivity index (χ0n) is 12.9. The minimum atomic E-state index is 0.818. The summed E-state index contributed by atoms with van der Waals surface area (Å²) < 4.78 is 0. The number of nitrogens with zero attached hydrogens (tertiary/aromatic N) is 2. The second kappa shape index (κ2) is 11.1. The maximum Gasteiger partial charge on any atom is 0.240 e. The third-order valence-corrected chi connectivity index (χ3v) is 3.93. The average Bonchev–Trinajstić information content (AvgIpc) is 2.93. The second-order valence-electron chi connectivity index (χ2n) is 5.88. The number of aliphatic imine (C=N–C) groups is 2. The molecule has 0 aromatic heterocycles. The van der Waals surface area contributed by atoms with Gasteiger partial charge in [-0.3, -0.25) is 0 Å². The summed E-state index contributed by atoms with van der Waals surface area (Å²) in [7, 11) is 0. The van der Waals surface area contributed by atoms with Crippen LogP contribution in [0.25, 0.3) is 0 Å². The molecule has 0 spiro atoms. The molecule has 1 atom stereocenters. The molecule has 1 rings (SSSR count). The van der Waals surface area contributed by atoms with Gasteiger partial charge in [-0.25, -0.2) is 0 Å². The van der Waals surface area contributed by atoms with Gasteiger partial charge in [0, 0.05) is 0 Å². The Kier molecular flexibility index (Phi) is 9.48. The first kappa shape index (κ1) is 16.3. The van der Waals surface area contributed by atoms with Gasteiger partial charge in [-0.15, -0.1) is 0 Å². The van der Waals surface area contributed by atoms with Crippen LogP contribution in [0.5, 0.6) is 0 Å². The highest BCUT2D eigenvalue weighted by atomic mass is 15.0. The second-order valence-corrected chi connectivity index (χ2v) is 5.88. The molecule has 1 unspecified atom stereocenters. The van der Waals surface area contributed by atoms with Crippen molar-refractivity contribution in [3.8, 4) is 0 Å².